The van der Waals surface area contributed by atoms with Gasteiger partial charge in [-0.3, -0.25) is 0 Å². The minimum absolute atomic E-state index is 0.222. The van der Waals surface area contributed by atoms with Crippen LogP contribution >= 0.6 is 11.3 Å². The molecule has 4 aromatic rings. The molecule has 0 atom stereocenters. The van der Waals surface area contributed by atoms with Gasteiger partial charge in [0.2, 0.25) is 0 Å². The first-order valence-corrected chi connectivity index (χ1v) is 9.76. The molecule has 4 rings (SSSR count). The second-order valence-corrected chi connectivity index (χ2v) is 9.37. The van der Waals surface area contributed by atoms with Crippen molar-refractivity contribution in [3.8, 4) is 11.3 Å². The number of thiophene rings is 1. The first-order valence-electron chi connectivity index (χ1n) is 8.94. The van der Waals surface area contributed by atoms with E-state index >= 15 is 0 Å². The van der Waals surface area contributed by atoms with Gasteiger partial charge in [-0.05, 0) is 54.7 Å². The van der Waals surface area contributed by atoms with Gasteiger partial charge in [-0.25, -0.2) is 0 Å². The Bertz CT molecular complexity index is 1100. The number of hydrogen-bond acceptors (Lipinski definition) is 4. The highest BCUT2D eigenvalue weighted by molar-refractivity contribution is 7.26. The second kappa shape index (κ2) is 6.13. The summed E-state index contributed by atoms with van der Waals surface area (Å²) in [6, 6.07) is 13.1. The molecule has 0 saturated heterocycles. The third-order valence-corrected chi connectivity index (χ3v) is 5.65. The second-order valence-electron chi connectivity index (χ2n) is 8.32. The predicted molar refractivity (Wildman–Crippen MR) is 111 cm³/mol. The molecule has 0 aliphatic rings. The van der Waals surface area contributed by atoms with Gasteiger partial charge in [-0.1, -0.05) is 50.1 Å². The lowest BCUT2D eigenvalue weighted by atomic mass is 9.87. The summed E-state index contributed by atoms with van der Waals surface area (Å²) < 4.78 is 2.39. The molecule has 132 valence electrons. The van der Waals surface area contributed by atoms with Crippen LogP contribution in [0.2, 0.25) is 0 Å². The molecule has 0 saturated carbocycles. The minimum Gasteiger partial charge on any atom is -0.131 e. The Kier molecular flexibility index (Phi) is 4.03. The Hall–Kier alpha value is -2.33. The van der Waals surface area contributed by atoms with Crippen LogP contribution in [-0.2, 0) is 6.42 Å². The Morgan fingerprint density at radius 2 is 1.69 bits per heavy atom. The van der Waals surface area contributed by atoms with E-state index in [4.69, 9.17) is 0 Å². The average Bonchev–Trinajstić information content (AvgIpc) is 2.92. The first-order chi connectivity index (χ1) is 12.3. The SMILES string of the molecule is Cc1cc(C)cc(-c2nnnc3c2sc2cccc(CC(C)(C)C)c23)c1. The molecule has 26 heavy (non-hydrogen) atoms. The van der Waals surface area contributed by atoms with Gasteiger partial charge in [0.25, 0.3) is 0 Å². The van der Waals surface area contributed by atoms with E-state index in [0.717, 1.165) is 27.9 Å². The molecule has 0 aliphatic carbocycles. The Labute approximate surface area is 158 Å². The molecule has 3 nitrogen and oxygen atoms in total. The van der Waals surface area contributed by atoms with Crippen LogP contribution in [0.25, 0.3) is 31.6 Å². The number of rotatable bonds is 2. The lowest BCUT2D eigenvalue weighted by Gasteiger charge is -2.18. The maximum absolute atomic E-state index is 4.44. The smallest absolute Gasteiger partial charge is 0.116 e. The van der Waals surface area contributed by atoms with Gasteiger partial charge in [0.05, 0.1) is 4.70 Å². The zero-order valence-electron chi connectivity index (χ0n) is 15.9. The maximum atomic E-state index is 4.44. The van der Waals surface area contributed by atoms with Crippen molar-refractivity contribution in [2.24, 2.45) is 5.41 Å². The van der Waals surface area contributed by atoms with Crippen LogP contribution in [0.3, 0.4) is 0 Å². The molecule has 0 N–H and O–H groups in total. The zero-order valence-corrected chi connectivity index (χ0v) is 16.7. The third kappa shape index (κ3) is 3.10. The lowest BCUT2D eigenvalue weighted by Crippen LogP contribution is -2.09. The van der Waals surface area contributed by atoms with E-state index in [1.54, 1.807) is 11.3 Å². The van der Waals surface area contributed by atoms with Crippen LogP contribution in [-0.4, -0.2) is 15.4 Å². The molecule has 0 fully saturated rings. The number of aryl methyl sites for hydroxylation is 2. The molecule has 4 heteroatoms. The molecule has 0 spiro atoms. The molecule has 2 aromatic heterocycles. The fraction of sp³-hybridized carbons (Fsp3) is 0.318. The van der Waals surface area contributed by atoms with Crippen LogP contribution in [0, 0.1) is 19.3 Å². The van der Waals surface area contributed by atoms with E-state index in [1.807, 2.05) is 0 Å². The van der Waals surface area contributed by atoms with Gasteiger partial charge in [0.15, 0.2) is 0 Å². The Morgan fingerprint density at radius 3 is 2.38 bits per heavy atom. The van der Waals surface area contributed by atoms with Crippen molar-refractivity contribution in [3.05, 3.63) is 53.1 Å². The van der Waals surface area contributed by atoms with Crippen molar-refractivity contribution in [3.63, 3.8) is 0 Å². The molecule has 0 aliphatic heterocycles. The van der Waals surface area contributed by atoms with Crippen molar-refractivity contribution in [1.82, 2.24) is 15.4 Å². The van der Waals surface area contributed by atoms with Crippen molar-refractivity contribution in [1.29, 1.82) is 0 Å². The van der Waals surface area contributed by atoms with Gasteiger partial charge in [0, 0.05) is 15.6 Å². The molecular weight excluding hydrogens is 338 g/mol. The van der Waals surface area contributed by atoms with E-state index < -0.39 is 0 Å². The number of aromatic nitrogens is 3. The van der Waals surface area contributed by atoms with Crippen molar-refractivity contribution in [2.45, 2.75) is 41.0 Å². The minimum atomic E-state index is 0.222. The number of benzene rings is 2. The van der Waals surface area contributed by atoms with E-state index in [1.165, 1.54) is 26.8 Å². The molecule has 0 unspecified atom stereocenters. The molecule has 0 bridgehead atoms. The summed E-state index contributed by atoms with van der Waals surface area (Å²) in [6.07, 6.45) is 1.01. The third-order valence-electron chi connectivity index (χ3n) is 4.50. The number of nitrogens with zero attached hydrogens (tertiary/aromatic N) is 3. The van der Waals surface area contributed by atoms with Crippen LogP contribution in [0.5, 0.6) is 0 Å². The standard InChI is InChI=1S/C22H23N3S/c1-13-9-14(2)11-16(10-13)19-21-20(24-25-23-19)18-15(12-22(3,4)5)7-6-8-17(18)26-21/h6-11H,12H2,1-5H3. The zero-order chi connectivity index (χ0) is 18.5. The summed E-state index contributed by atoms with van der Waals surface area (Å²) in [7, 11) is 0. The van der Waals surface area contributed by atoms with Crippen molar-refractivity contribution in [2.75, 3.05) is 0 Å². The largest absolute Gasteiger partial charge is 0.131 e. The molecule has 0 radical (unpaired) electrons. The highest BCUT2D eigenvalue weighted by atomic mass is 32.1. The van der Waals surface area contributed by atoms with E-state index in [9.17, 15) is 0 Å². The molecular formula is C22H23N3S. The summed E-state index contributed by atoms with van der Waals surface area (Å²) in [5.41, 5.74) is 7.07. The number of fused-ring (bicyclic) bond motifs is 3. The summed E-state index contributed by atoms with van der Waals surface area (Å²) in [5.74, 6) is 0. The van der Waals surface area contributed by atoms with Gasteiger partial charge >= 0.3 is 0 Å². The number of hydrogen-bond donors (Lipinski definition) is 0. The summed E-state index contributed by atoms with van der Waals surface area (Å²) in [4.78, 5) is 0. The Morgan fingerprint density at radius 1 is 0.962 bits per heavy atom. The summed E-state index contributed by atoms with van der Waals surface area (Å²) >= 11 is 1.77. The lowest BCUT2D eigenvalue weighted by molar-refractivity contribution is 0.413. The van der Waals surface area contributed by atoms with E-state index in [-0.39, 0.29) is 5.41 Å². The maximum Gasteiger partial charge on any atom is 0.116 e. The Balaban J connectivity index is 2.01. The predicted octanol–water partition coefficient (Wildman–Crippen LogP) is 6.11. The van der Waals surface area contributed by atoms with Crippen molar-refractivity contribution >= 4 is 31.6 Å². The van der Waals surface area contributed by atoms with Gasteiger partial charge in [-0.2, -0.15) is 0 Å². The van der Waals surface area contributed by atoms with E-state index in [2.05, 4.69) is 86.4 Å². The quantitative estimate of drug-likeness (QED) is 0.432. The molecule has 2 heterocycles. The van der Waals surface area contributed by atoms with Gasteiger partial charge in [0.1, 0.15) is 11.2 Å². The summed E-state index contributed by atoms with van der Waals surface area (Å²) in [5, 5.41) is 14.2. The summed E-state index contributed by atoms with van der Waals surface area (Å²) in [6.45, 7) is 11.1. The monoisotopic (exact) mass is 361 g/mol. The van der Waals surface area contributed by atoms with Gasteiger partial charge < -0.3 is 0 Å². The van der Waals surface area contributed by atoms with Crippen LogP contribution < -0.4 is 0 Å². The highest BCUT2D eigenvalue weighted by Gasteiger charge is 2.19. The van der Waals surface area contributed by atoms with Crippen LogP contribution in [0.15, 0.2) is 36.4 Å². The van der Waals surface area contributed by atoms with Crippen LogP contribution in [0.4, 0.5) is 0 Å². The van der Waals surface area contributed by atoms with E-state index in [0.29, 0.717) is 0 Å². The van der Waals surface area contributed by atoms with Crippen LogP contribution in [0.1, 0.15) is 37.5 Å². The first kappa shape index (κ1) is 17.1. The fourth-order valence-electron chi connectivity index (χ4n) is 3.63. The molecule has 2 aromatic carbocycles. The fourth-order valence-corrected chi connectivity index (χ4v) is 4.83. The topological polar surface area (TPSA) is 38.7 Å². The molecule has 0 amide bonds. The van der Waals surface area contributed by atoms with Crippen molar-refractivity contribution < 1.29 is 0 Å². The normalized spacial score (nSPS) is 12.2. The van der Waals surface area contributed by atoms with Gasteiger partial charge in [-0.15, -0.1) is 21.5 Å². The highest BCUT2D eigenvalue weighted by Crippen LogP contribution is 2.40. The average molecular weight is 362 g/mol.